The van der Waals surface area contributed by atoms with Crippen LogP contribution in [0.5, 0.6) is 0 Å². The van der Waals surface area contributed by atoms with Crippen LogP contribution in [-0.2, 0) is 9.53 Å². The quantitative estimate of drug-likeness (QED) is 0.786. The topological polar surface area (TPSA) is 29.5 Å². The maximum atomic E-state index is 11.2. The second-order valence-corrected chi connectivity index (χ2v) is 5.58. The molecular weight excluding hydrogens is 297 g/mol. The zero-order valence-electron chi connectivity index (χ0n) is 11.2. The molecule has 108 valence electrons. The number of ether oxygens (including phenoxy) is 1. The summed E-state index contributed by atoms with van der Waals surface area (Å²) in [5, 5.41) is 0.741. The molecule has 1 aromatic rings. The van der Waals surface area contributed by atoms with E-state index in [-0.39, 0.29) is 30.4 Å². The van der Waals surface area contributed by atoms with E-state index in [0.29, 0.717) is 0 Å². The molecule has 1 aromatic carbocycles. The van der Waals surface area contributed by atoms with Crippen LogP contribution in [0.1, 0.15) is 12.5 Å². The molecule has 0 spiro atoms. The van der Waals surface area contributed by atoms with Gasteiger partial charge in [-0.3, -0.25) is 9.69 Å². The summed E-state index contributed by atoms with van der Waals surface area (Å²) in [6.45, 7) is 4.19. The van der Waals surface area contributed by atoms with E-state index < -0.39 is 0 Å². The van der Waals surface area contributed by atoms with Crippen molar-refractivity contribution in [2.75, 3.05) is 19.6 Å². The lowest BCUT2D eigenvalue weighted by Crippen LogP contribution is -2.25. The van der Waals surface area contributed by atoms with Crippen LogP contribution in [0.25, 0.3) is 5.57 Å². The van der Waals surface area contributed by atoms with Crippen LogP contribution >= 0.6 is 24.0 Å². The minimum atomic E-state index is -0.200. The molecule has 0 amide bonds. The van der Waals surface area contributed by atoms with Crippen LogP contribution in [0.3, 0.4) is 0 Å². The summed E-state index contributed by atoms with van der Waals surface area (Å²) in [5.74, 6) is 0.0769. The fourth-order valence-corrected chi connectivity index (χ4v) is 3.11. The number of nitrogens with zero attached hydrogens (tertiary/aromatic N) is 1. The van der Waals surface area contributed by atoms with Gasteiger partial charge in [0, 0.05) is 37.5 Å². The van der Waals surface area contributed by atoms with Gasteiger partial charge in [-0.2, -0.15) is 0 Å². The van der Waals surface area contributed by atoms with Gasteiger partial charge in [-0.15, -0.1) is 12.4 Å². The van der Waals surface area contributed by atoms with Crippen molar-refractivity contribution in [3.05, 3.63) is 40.9 Å². The zero-order chi connectivity index (χ0) is 13.4. The highest BCUT2D eigenvalue weighted by Gasteiger charge is 2.39. The smallest absolute Gasteiger partial charge is 0.302 e. The molecule has 2 aliphatic rings. The third kappa shape index (κ3) is 3.00. The monoisotopic (exact) mass is 313 g/mol. The molecule has 3 unspecified atom stereocenters. The van der Waals surface area contributed by atoms with E-state index in [1.54, 1.807) is 0 Å². The number of halogens is 2. The van der Waals surface area contributed by atoms with Crippen LogP contribution in [0.2, 0.25) is 5.02 Å². The highest BCUT2D eigenvalue weighted by Crippen LogP contribution is 2.36. The third-order valence-corrected chi connectivity index (χ3v) is 4.06. The third-order valence-electron chi connectivity index (χ3n) is 3.81. The Hall–Kier alpha value is -1.03. The van der Waals surface area contributed by atoms with E-state index in [0.717, 1.165) is 24.7 Å². The van der Waals surface area contributed by atoms with Gasteiger partial charge in [0.15, 0.2) is 0 Å². The van der Waals surface area contributed by atoms with Gasteiger partial charge in [-0.1, -0.05) is 29.8 Å². The molecule has 2 heterocycles. The minimum absolute atomic E-state index is 0. The standard InChI is InChI=1S/C15H16ClNO2.ClH/c1-10(18)19-15-9-17-7-6-13(14(15)8-17)11-2-4-12(16)5-3-11;/h2-6,14-15H,7-9H2,1H3;1H. The van der Waals surface area contributed by atoms with E-state index in [1.165, 1.54) is 18.1 Å². The predicted molar refractivity (Wildman–Crippen MR) is 82.2 cm³/mol. The number of carbonyl (C=O) groups excluding carboxylic acids is 1. The van der Waals surface area contributed by atoms with Gasteiger partial charge in [0.1, 0.15) is 6.10 Å². The molecule has 1 saturated heterocycles. The van der Waals surface area contributed by atoms with Crippen molar-refractivity contribution in [2.24, 2.45) is 5.92 Å². The van der Waals surface area contributed by atoms with Crippen LogP contribution in [-0.4, -0.2) is 36.6 Å². The Kier molecular flexibility index (Phi) is 4.74. The Labute approximate surface area is 130 Å². The summed E-state index contributed by atoms with van der Waals surface area (Å²) in [6.07, 6.45) is 2.21. The van der Waals surface area contributed by atoms with Gasteiger partial charge in [0.05, 0.1) is 0 Å². The number of fused-ring (bicyclic) bond motifs is 2. The maximum absolute atomic E-state index is 11.2. The molecule has 3 rings (SSSR count). The number of benzene rings is 1. The Morgan fingerprint density at radius 1 is 1.30 bits per heavy atom. The Morgan fingerprint density at radius 3 is 2.65 bits per heavy atom. The molecule has 20 heavy (non-hydrogen) atoms. The molecule has 2 bridgehead atoms. The Bertz CT molecular complexity index is 527. The fourth-order valence-electron chi connectivity index (χ4n) is 2.99. The summed E-state index contributed by atoms with van der Waals surface area (Å²) < 4.78 is 5.45. The summed E-state index contributed by atoms with van der Waals surface area (Å²) in [7, 11) is 0. The Morgan fingerprint density at radius 2 is 2.00 bits per heavy atom. The van der Waals surface area contributed by atoms with Crippen LogP contribution < -0.4 is 0 Å². The van der Waals surface area contributed by atoms with E-state index in [1.807, 2.05) is 24.3 Å². The fraction of sp³-hybridized carbons (Fsp3) is 0.400. The number of esters is 1. The van der Waals surface area contributed by atoms with Gasteiger partial charge in [-0.05, 0) is 23.3 Å². The van der Waals surface area contributed by atoms with Crippen LogP contribution in [0.15, 0.2) is 30.3 Å². The molecule has 5 heteroatoms. The van der Waals surface area contributed by atoms with Gasteiger partial charge < -0.3 is 4.74 Å². The number of carbonyl (C=O) groups is 1. The molecule has 0 radical (unpaired) electrons. The Balaban J connectivity index is 0.00000147. The summed E-state index contributed by atoms with van der Waals surface area (Å²) >= 11 is 5.93. The highest BCUT2D eigenvalue weighted by atomic mass is 35.5. The largest absolute Gasteiger partial charge is 0.460 e. The lowest BCUT2D eigenvalue weighted by atomic mass is 9.89. The number of hydrogen-bond donors (Lipinski definition) is 0. The molecule has 2 aliphatic heterocycles. The van der Waals surface area contributed by atoms with Gasteiger partial charge in [-0.25, -0.2) is 0 Å². The van der Waals surface area contributed by atoms with Crippen LogP contribution in [0, 0.1) is 5.92 Å². The van der Waals surface area contributed by atoms with Crippen molar-refractivity contribution in [1.82, 2.24) is 4.90 Å². The van der Waals surface area contributed by atoms with Crippen molar-refractivity contribution >= 4 is 35.6 Å². The second kappa shape index (κ2) is 6.17. The number of hydrogen-bond acceptors (Lipinski definition) is 3. The van der Waals surface area contributed by atoms with Crippen molar-refractivity contribution in [3.8, 4) is 0 Å². The molecule has 0 aromatic heterocycles. The van der Waals surface area contributed by atoms with Crippen molar-refractivity contribution in [3.63, 3.8) is 0 Å². The molecular formula is C15H17Cl2NO2. The molecule has 1 fully saturated rings. The van der Waals surface area contributed by atoms with E-state index in [2.05, 4.69) is 11.0 Å². The lowest BCUT2D eigenvalue weighted by Gasteiger charge is -2.24. The predicted octanol–water partition coefficient (Wildman–Crippen LogP) is 3.02. The highest BCUT2D eigenvalue weighted by molar-refractivity contribution is 6.30. The SMILES string of the molecule is CC(=O)OC1CN2CC=C(c3ccc(Cl)cc3)C1C2.Cl. The van der Waals surface area contributed by atoms with Crippen molar-refractivity contribution in [1.29, 1.82) is 0 Å². The van der Waals surface area contributed by atoms with Crippen molar-refractivity contribution < 1.29 is 9.53 Å². The first-order valence-electron chi connectivity index (χ1n) is 6.49. The summed E-state index contributed by atoms with van der Waals surface area (Å²) in [5.41, 5.74) is 2.45. The average molecular weight is 314 g/mol. The first kappa shape index (κ1) is 15.4. The van der Waals surface area contributed by atoms with Crippen LogP contribution in [0.4, 0.5) is 0 Å². The molecule has 0 saturated carbocycles. The van der Waals surface area contributed by atoms with Gasteiger partial charge >= 0.3 is 5.97 Å². The zero-order valence-corrected chi connectivity index (χ0v) is 12.8. The summed E-state index contributed by atoms with van der Waals surface area (Å²) in [4.78, 5) is 13.5. The molecule has 3 nitrogen and oxygen atoms in total. The maximum Gasteiger partial charge on any atom is 0.302 e. The summed E-state index contributed by atoms with van der Waals surface area (Å²) in [6, 6.07) is 7.87. The average Bonchev–Trinajstić information content (AvgIpc) is 2.67. The normalized spacial score (nSPS) is 27.5. The minimum Gasteiger partial charge on any atom is -0.460 e. The second-order valence-electron chi connectivity index (χ2n) is 5.14. The van der Waals surface area contributed by atoms with Crippen molar-refractivity contribution in [2.45, 2.75) is 13.0 Å². The number of rotatable bonds is 2. The first-order chi connectivity index (χ1) is 9.13. The van der Waals surface area contributed by atoms with E-state index in [4.69, 9.17) is 16.3 Å². The van der Waals surface area contributed by atoms with Gasteiger partial charge in [0.25, 0.3) is 0 Å². The van der Waals surface area contributed by atoms with E-state index >= 15 is 0 Å². The lowest BCUT2D eigenvalue weighted by molar-refractivity contribution is -0.146. The molecule has 0 aliphatic carbocycles. The molecule has 0 N–H and O–H groups in total. The first-order valence-corrected chi connectivity index (χ1v) is 6.87. The van der Waals surface area contributed by atoms with Gasteiger partial charge in [0.2, 0.25) is 0 Å². The van der Waals surface area contributed by atoms with E-state index in [9.17, 15) is 4.79 Å². The molecule has 3 atom stereocenters.